The third-order valence-corrected chi connectivity index (χ3v) is 4.85. The van der Waals surface area contributed by atoms with Gasteiger partial charge in [-0.3, -0.25) is 9.69 Å². The molecule has 0 unspecified atom stereocenters. The maximum Gasteiger partial charge on any atom is 0.411 e. The summed E-state index contributed by atoms with van der Waals surface area (Å²) in [6, 6.07) is 0. The van der Waals surface area contributed by atoms with Crippen LogP contribution >= 0.6 is 0 Å². The number of fused-ring (bicyclic) bond motifs is 1. The van der Waals surface area contributed by atoms with Crippen molar-refractivity contribution in [2.24, 2.45) is 5.92 Å². The van der Waals surface area contributed by atoms with Gasteiger partial charge in [0, 0.05) is 5.92 Å². The molecule has 1 saturated heterocycles. The van der Waals surface area contributed by atoms with Gasteiger partial charge in [-0.25, -0.2) is 4.79 Å². The molecular formula is C14H21NO4. The molecule has 0 radical (unpaired) electrons. The van der Waals surface area contributed by atoms with Crippen LogP contribution in [0.5, 0.6) is 0 Å². The average Bonchev–Trinajstić information content (AvgIpc) is 2.67. The van der Waals surface area contributed by atoms with Crippen molar-refractivity contribution >= 4 is 12.6 Å². The highest BCUT2D eigenvalue weighted by Crippen LogP contribution is 2.55. The summed E-state index contributed by atoms with van der Waals surface area (Å²) in [4.78, 5) is 24.0. The molecule has 3 atom stereocenters. The smallest absolute Gasteiger partial charge is 0.411 e. The lowest BCUT2D eigenvalue weighted by Crippen LogP contribution is -2.56. The Labute approximate surface area is 113 Å². The van der Waals surface area contributed by atoms with E-state index < -0.39 is 11.1 Å². The molecule has 0 N–H and O–H groups in total. The van der Waals surface area contributed by atoms with Gasteiger partial charge < -0.3 is 9.47 Å². The molecule has 2 fully saturated rings. The van der Waals surface area contributed by atoms with E-state index in [2.05, 4.69) is 6.58 Å². The van der Waals surface area contributed by atoms with Gasteiger partial charge in [0.05, 0.1) is 12.1 Å². The van der Waals surface area contributed by atoms with E-state index >= 15 is 0 Å². The van der Waals surface area contributed by atoms with Gasteiger partial charge in [-0.05, 0) is 33.6 Å². The Kier molecular flexibility index (Phi) is 3.32. The zero-order valence-electron chi connectivity index (χ0n) is 11.8. The van der Waals surface area contributed by atoms with Crippen molar-refractivity contribution in [3.05, 3.63) is 12.2 Å². The lowest BCUT2D eigenvalue weighted by molar-refractivity contribution is -0.129. The second kappa shape index (κ2) is 4.54. The predicted molar refractivity (Wildman–Crippen MR) is 69.6 cm³/mol. The largest absolute Gasteiger partial charge is 0.466 e. The van der Waals surface area contributed by atoms with E-state index in [1.807, 2.05) is 20.8 Å². The minimum Gasteiger partial charge on any atom is -0.466 e. The number of amides is 1. The highest BCUT2D eigenvalue weighted by atomic mass is 16.6. The van der Waals surface area contributed by atoms with Gasteiger partial charge in [0.1, 0.15) is 12.2 Å². The minimum absolute atomic E-state index is 0.188. The van der Waals surface area contributed by atoms with Gasteiger partial charge in [0.2, 0.25) is 0 Å². The van der Waals surface area contributed by atoms with E-state index in [4.69, 9.17) is 9.47 Å². The molecule has 106 valence electrons. The molecule has 0 spiro atoms. The van der Waals surface area contributed by atoms with Crippen molar-refractivity contribution in [2.45, 2.75) is 44.8 Å². The van der Waals surface area contributed by atoms with Gasteiger partial charge in [0.15, 0.2) is 0 Å². The lowest BCUT2D eigenvalue weighted by atomic mass is 9.77. The van der Waals surface area contributed by atoms with Crippen LogP contribution in [-0.4, -0.2) is 41.8 Å². The fourth-order valence-corrected chi connectivity index (χ4v) is 3.63. The first kappa shape index (κ1) is 13.9. The number of hydrogen-bond donors (Lipinski definition) is 0. The quantitative estimate of drug-likeness (QED) is 0.435. The van der Waals surface area contributed by atoms with E-state index in [9.17, 15) is 9.59 Å². The monoisotopic (exact) mass is 267 g/mol. The second-order valence-corrected chi connectivity index (χ2v) is 5.80. The molecule has 0 aromatic carbocycles. The van der Waals surface area contributed by atoms with E-state index in [0.29, 0.717) is 13.0 Å². The average molecular weight is 267 g/mol. The summed E-state index contributed by atoms with van der Waals surface area (Å²) in [7, 11) is 0. The summed E-state index contributed by atoms with van der Waals surface area (Å²) in [6.45, 7) is 11.0. The maximum atomic E-state index is 12.1. The van der Waals surface area contributed by atoms with Gasteiger partial charge in [0.25, 0.3) is 6.47 Å². The summed E-state index contributed by atoms with van der Waals surface area (Å²) >= 11 is 0. The third-order valence-electron chi connectivity index (χ3n) is 4.85. The molecule has 0 aromatic rings. The Balaban J connectivity index is 2.29. The molecule has 1 amide bonds. The van der Waals surface area contributed by atoms with Gasteiger partial charge in [-0.1, -0.05) is 12.2 Å². The number of hydrogen-bond acceptors (Lipinski definition) is 4. The Morgan fingerprint density at radius 3 is 2.89 bits per heavy atom. The fraction of sp³-hybridized carbons (Fsp3) is 0.714. The van der Waals surface area contributed by atoms with E-state index in [-0.39, 0.29) is 18.6 Å². The number of nitrogens with zero attached hydrogens (tertiary/aromatic N) is 1. The summed E-state index contributed by atoms with van der Waals surface area (Å²) in [5.41, 5.74) is 0.155. The standard InChI is InChI=1S/C14H21NO4/c1-10(2)11-5-6-13(3)14(11,4)15(12(17)19-13)7-8-18-9-16/h9,11H,1,5-8H2,2-4H3/t11-,13-,14-/m1/s1. The topological polar surface area (TPSA) is 55.8 Å². The van der Waals surface area contributed by atoms with Crippen LogP contribution in [0.25, 0.3) is 0 Å². The van der Waals surface area contributed by atoms with Crippen LogP contribution in [0.1, 0.15) is 33.6 Å². The number of rotatable bonds is 5. The zero-order valence-corrected chi connectivity index (χ0v) is 11.8. The van der Waals surface area contributed by atoms with E-state index in [0.717, 1.165) is 18.4 Å². The Bertz CT molecular complexity index is 422. The Hall–Kier alpha value is -1.52. The molecule has 5 heteroatoms. The van der Waals surface area contributed by atoms with Crippen LogP contribution in [0.3, 0.4) is 0 Å². The molecule has 0 bridgehead atoms. The Morgan fingerprint density at radius 1 is 1.63 bits per heavy atom. The number of carbonyl (C=O) groups excluding carboxylic acids is 2. The first-order valence-corrected chi connectivity index (χ1v) is 6.58. The summed E-state index contributed by atoms with van der Waals surface area (Å²) in [5.74, 6) is 0.209. The summed E-state index contributed by atoms with van der Waals surface area (Å²) in [6.07, 6.45) is 1.46. The fourth-order valence-electron chi connectivity index (χ4n) is 3.63. The van der Waals surface area contributed by atoms with Gasteiger partial charge in [-0.15, -0.1) is 0 Å². The first-order chi connectivity index (χ1) is 8.87. The molecule has 2 aliphatic rings. The van der Waals surface area contributed by atoms with Crippen LogP contribution in [-0.2, 0) is 14.3 Å². The second-order valence-electron chi connectivity index (χ2n) is 5.80. The van der Waals surface area contributed by atoms with Crippen LogP contribution in [0.2, 0.25) is 0 Å². The molecule has 1 saturated carbocycles. The highest BCUT2D eigenvalue weighted by Gasteiger charge is 2.66. The summed E-state index contributed by atoms with van der Waals surface area (Å²) in [5, 5.41) is 0. The third kappa shape index (κ3) is 1.83. The predicted octanol–water partition coefficient (Wildman–Crippen LogP) is 2.12. The molecule has 1 aliphatic heterocycles. The maximum absolute atomic E-state index is 12.1. The van der Waals surface area contributed by atoms with Gasteiger partial charge >= 0.3 is 6.09 Å². The molecule has 1 heterocycles. The van der Waals surface area contributed by atoms with Crippen LogP contribution < -0.4 is 0 Å². The van der Waals surface area contributed by atoms with Crippen molar-refractivity contribution in [1.82, 2.24) is 4.90 Å². The zero-order chi connectivity index (χ0) is 14.3. The minimum atomic E-state index is -0.491. The number of carbonyl (C=O) groups is 2. The SMILES string of the molecule is C=C(C)[C@H]1CC[C@@]2(C)OC(=O)N(CCOC=O)[C@]12C. The van der Waals surface area contributed by atoms with Crippen molar-refractivity contribution in [3.8, 4) is 0 Å². The summed E-state index contributed by atoms with van der Waals surface area (Å²) < 4.78 is 10.3. The van der Waals surface area contributed by atoms with Crippen molar-refractivity contribution in [2.75, 3.05) is 13.2 Å². The van der Waals surface area contributed by atoms with E-state index in [1.54, 1.807) is 4.90 Å². The first-order valence-electron chi connectivity index (χ1n) is 6.58. The molecule has 2 rings (SSSR count). The molecule has 1 aliphatic carbocycles. The lowest BCUT2D eigenvalue weighted by Gasteiger charge is -2.41. The Morgan fingerprint density at radius 2 is 2.32 bits per heavy atom. The van der Waals surface area contributed by atoms with E-state index in [1.165, 1.54) is 0 Å². The molecule has 0 aromatic heterocycles. The van der Waals surface area contributed by atoms with Crippen molar-refractivity contribution in [3.63, 3.8) is 0 Å². The van der Waals surface area contributed by atoms with Crippen LogP contribution in [0, 0.1) is 5.92 Å². The van der Waals surface area contributed by atoms with Crippen molar-refractivity contribution in [1.29, 1.82) is 0 Å². The van der Waals surface area contributed by atoms with Crippen LogP contribution in [0.4, 0.5) is 4.79 Å². The normalized spacial score (nSPS) is 36.9. The molecule has 5 nitrogen and oxygen atoms in total. The van der Waals surface area contributed by atoms with Crippen molar-refractivity contribution < 1.29 is 19.1 Å². The highest BCUT2D eigenvalue weighted by molar-refractivity contribution is 5.73. The molecular weight excluding hydrogens is 246 g/mol. The molecule has 19 heavy (non-hydrogen) atoms. The van der Waals surface area contributed by atoms with Gasteiger partial charge in [-0.2, -0.15) is 0 Å². The number of ether oxygens (including phenoxy) is 2. The van der Waals surface area contributed by atoms with Crippen LogP contribution in [0.15, 0.2) is 12.2 Å².